The predicted octanol–water partition coefficient (Wildman–Crippen LogP) is 5.14. The maximum absolute atomic E-state index is 6.01. The van der Waals surface area contributed by atoms with E-state index in [1.54, 1.807) is 0 Å². The van der Waals surface area contributed by atoms with Crippen molar-refractivity contribution in [3.63, 3.8) is 0 Å². The molecule has 12 heavy (non-hydrogen) atoms. The van der Waals surface area contributed by atoms with E-state index in [0.717, 1.165) is 20.1 Å². The van der Waals surface area contributed by atoms with Crippen molar-refractivity contribution in [3.05, 3.63) is 30.1 Å². The first-order valence-electron chi connectivity index (χ1n) is 3.26. The van der Waals surface area contributed by atoms with Gasteiger partial charge in [-0.2, -0.15) is 0 Å². The fourth-order valence-corrected chi connectivity index (χ4v) is 2.63. The molecule has 0 unspecified atom stereocenters. The molecular formula is C8H6Br2Cl2. The van der Waals surface area contributed by atoms with Gasteiger partial charge in [0.05, 0.1) is 10.0 Å². The molecule has 0 fully saturated rings. The van der Waals surface area contributed by atoms with Crippen molar-refractivity contribution in [2.24, 2.45) is 0 Å². The Morgan fingerprint density at radius 3 is 1.50 bits per heavy atom. The van der Waals surface area contributed by atoms with Crippen LogP contribution in [0.2, 0.25) is 10.0 Å². The quantitative estimate of drug-likeness (QED) is 0.577. The second-order valence-electron chi connectivity index (χ2n) is 2.51. The Hall–Kier alpha value is 0.760. The molecule has 0 spiro atoms. The average Bonchev–Trinajstić information content (AvgIpc) is 2.08. The minimum Gasteiger partial charge on any atom is -0.0827 e. The normalized spacial score (nSPS) is 10.5. The molecule has 0 saturated carbocycles. The summed E-state index contributed by atoms with van der Waals surface area (Å²) >= 11 is 18.8. The Morgan fingerprint density at radius 2 is 1.17 bits per heavy atom. The van der Waals surface area contributed by atoms with E-state index >= 15 is 0 Å². The predicted molar refractivity (Wildman–Crippen MR) is 61.3 cm³/mol. The number of hydrogen-bond donors (Lipinski definition) is 0. The molecule has 0 aromatic heterocycles. The van der Waals surface area contributed by atoms with Gasteiger partial charge in [-0.25, -0.2) is 0 Å². The summed E-state index contributed by atoms with van der Waals surface area (Å²) in [6.07, 6.45) is 0. The van der Waals surface area contributed by atoms with Crippen LogP contribution < -0.4 is 0 Å². The third-order valence-electron chi connectivity index (χ3n) is 1.70. The molecule has 0 bridgehead atoms. The largest absolute Gasteiger partial charge is 0.0827 e. The molecule has 0 aliphatic heterocycles. The summed E-state index contributed by atoms with van der Waals surface area (Å²) in [5, 5.41) is 1.36. The molecule has 0 aliphatic rings. The molecule has 1 aromatic carbocycles. The van der Waals surface area contributed by atoms with E-state index in [1.807, 2.05) is 13.8 Å². The van der Waals surface area contributed by atoms with Gasteiger partial charge in [0.15, 0.2) is 0 Å². The van der Waals surface area contributed by atoms with Gasteiger partial charge in [-0.3, -0.25) is 0 Å². The lowest BCUT2D eigenvalue weighted by Gasteiger charge is -2.09. The second kappa shape index (κ2) is 3.87. The Balaban J connectivity index is 3.60. The van der Waals surface area contributed by atoms with Crippen LogP contribution in [0.5, 0.6) is 0 Å². The second-order valence-corrected chi connectivity index (χ2v) is 4.85. The first-order chi connectivity index (χ1) is 5.46. The lowest BCUT2D eigenvalue weighted by Crippen LogP contribution is -1.87. The molecule has 4 heteroatoms. The lowest BCUT2D eigenvalue weighted by molar-refractivity contribution is 1.33. The highest BCUT2D eigenvalue weighted by molar-refractivity contribution is 9.11. The molecule has 1 aromatic rings. The highest BCUT2D eigenvalue weighted by Gasteiger charge is 2.13. The van der Waals surface area contributed by atoms with Crippen LogP contribution in [0, 0.1) is 13.8 Å². The van der Waals surface area contributed by atoms with Crippen LogP contribution in [0.3, 0.4) is 0 Å². The van der Waals surface area contributed by atoms with Crippen molar-refractivity contribution in [3.8, 4) is 0 Å². The molecule has 0 saturated heterocycles. The van der Waals surface area contributed by atoms with Crippen molar-refractivity contribution in [2.45, 2.75) is 13.8 Å². The first kappa shape index (κ1) is 10.8. The summed E-state index contributed by atoms with van der Waals surface area (Å²) in [5.41, 5.74) is 1.92. The number of halogens is 4. The SMILES string of the molecule is Cc1c(Cl)c(Br)c(C)c(Br)c1Cl. The van der Waals surface area contributed by atoms with Gasteiger partial charge >= 0.3 is 0 Å². The van der Waals surface area contributed by atoms with Gasteiger partial charge in [-0.1, -0.05) is 23.2 Å². The van der Waals surface area contributed by atoms with Crippen molar-refractivity contribution < 1.29 is 0 Å². The monoisotopic (exact) mass is 330 g/mol. The van der Waals surface area contributed by atoms with Crippen LogP contribution in [0.15, 0.2) is 8.95 Å². The highest BCUT2D eigenvalue weighted by Crippen LogP contribution is 2.40. The summed E-state index contributed by atoms with van der Waals surface area (Å²) in [7, 11) is 0. The van der Waals surface area contributed by atoms with E-state index in [0.29, 0.717) is 10.0 Å². The Labute approximate surface area is 98.5 Å². The van der Waals surface area contributed by atoms with E-state index in [9.17, 15) is 0 Å². The highest BCUT2D eigenvalue weighted by atomic mass is 79.9. The topological polar surface area (TPSA) is 0 Å². The Morgan fingerprint density at radius 1 is 0.833 bits per heavy atom. The average molecular weight is 333 g/mol. The zero-order valence-electron chi connectivity index (χ0n) is 6.51. The van der Waals surface area contributed by atoms with Crippen molar-refractivity contribution in [2.75, 3.05) is 0 Å². The van der Waals surface area contributed by atoms with Crippen LogP contribution in [0.1, 0.15) is 11.1 Å². The van der Waals surface area contributed by atoms with Gasteiger partial charge in [0.25, 0.3) is 0 Å². The molecule has 0 amide bonds. The molecule has 0 atom stereocenters. The van der Waals surface area contributed by atoms with Gasteiger partial charge in [0.1, 0.15) is 0 Å². The van der Waals surface area contributed by atoms with Crippen molar-refractivity contribution >= 4 is 55.1 Å². The summed E-state index contributed by atoms with van der Waals surface area (Å²) < 4.78 is 1.80. The summed E-state index contributed by atoms with van der Waals surface area (Å²) in [6, 6.07) is 0. The zero-order valence-corrected chi connectivity index (χ0v) is 11.2. The van der Waals surface area contributed by atoms with Gasteiger partial charge in [-0.15, -0.1) is 0 Å². The standard InChI is InChI=1S/C8H6Br2Cl2/c1-3-5(9)7(11)4(2)8(12)6(3)10/h1-2H3. The summed E-state index contributed by atoms with van der Waals surface area (Å²) in [6.45, 7) is 3.84. The van der Waals surface area contributed by atoms with Crippen molar-refractivity contribution in [1.82, 2.24) is 0 Å². The van der Waals surface area contributed by atoms with E-state index in [1.165, 1.54) is 0 Å². The first-order valence-corrected chi connectivity index (χ1v) is 5.60. The van der Waals surface area contributed by atoms with E-state index in [2.05, 4.69) is 31.9 Å². The Kier molecular flexibility index (Phi) is 3.49. The van der Waals surface area contributed by atoms with Crippen LogP contribution in [0.4, 0.5) is 0 Å². The van der Waals surface area contributed by atoms with Crippen LogP contribution >= 0.6 is 55.1 Å². The minimum atomic E-state index is 0.681. The number of hydrogen-bond acceptors (Lipinski definition) is 0. The van der Waals surface area contributed by atoms with Crippen LogP contribution in [-0.2, 0) is 0 Å². The summed E-state index contributed by atoms with van der Waals surface area (Å²) in [5.74, 6) is 0. The van der Waals surface area contributed by atoms with Crippen molar-refractivity contribution in [1.29, 1.82) is 0 Å². The zero-order chi connectivity index (χ0) is 9.46. The van der Waals surface area contributed by atoms with Gasteiger partial charge < -0.3 is 0 Å². The smallest absolute Gasteiger partial charge is 0.0595 e. The molecule has 0 nitrogen and oxygen atoms in total. The van der Waals surface area contributed by atoms with E-state index in [4.69, 9.17) is 23.2 Å². The molecular weight excluding hydrogens is 327 g/mol. The van der Waals surface area contributed by atoms with Gasteiger partial charge in [0.2, 0.25) is 0 Å². The minimum absolute atomic E-state index is 0.681. The Bertz CT molecular complexity index is 229. The van der Waals surface area contributed by atoms with E-state index < -0.39 is 0 Å². The number of rotatable bonds is 0. The fraction of sp³-hybridized carbons (Fsp3) is 0.250. The van der Waals surface area contributed by atoms with Crippen LogP contribution in [0.25, 0.3) is 0 Å². The third-order valence-corrected chi connectivity index (χ3v) is 5.09. The molecule has 1 rings (SSSR count). The molecule has 0 N–H and O–H groups in total. The molecule has 66 valence electrons. The van der Waals surface area contributed by atoms with E-state index in [-0.39, 0.29) is 0 Å². The fourth-order valence-electron chi connectivity index (χ4n) is 0.851. The summed E-state index contributed by atoms with van der Waals surface area (Å²) in [4.78, 5) is 0. The number of benzene rings is 1. The lowest BCUT2D eigenvalue weighted by atomic mass is 10.2. The maximum atomic E-state index is 6.01. The van der Waals surface area contributed by atoms with Gasteiger partial charge in [-0.05, 0) is 56.8 Å². The van der Waals surface area contributed by atoms with Crippen LogP contribution in [-0.4, -0.2) is 0 Å². The van der Waals surface area contributed by atoms with Gasteiger partial charge in [0, 0.05) is 8.95 Å². The molecule has 0 radical (unpaired) electrons. The third kappa shape index (κ3) is 1.67. The molecule has 0 aliphatic carbocycles. The molecule has 0 heterocycles. The maximum Gasteiger partial charge on any atom is 0.0595 e.